The molecule has 0 fully saturated rings. The van der Waals surface area contributed by atoms with Crippen LogP contribution in [0, 0.1) is 5.41 Å². The summed E-state index contributed by atoms with van der Waals surface area (Å²) >= 11 is 15.1. The summed E-state index contributed by atoms with van der Waals surface area (Å²) in [6.07, 6.45) is 1.45. The van der Waals surface area contributed by atoms with Crippen molar-refractivity contribution in [2.24, 2.45) is 0 Å². The van der Waals surface area contributed by atoms with Crippen molar-refractivity contribution in [1.82, 2.24) is 9.78 Å². The van der Waals surface area contributed by atoms with Gasteiger partial charge in [-0.3, -0.25) is 5.41 Å². The van der Waals surface area contributed by atoms with Crippen molar-refractivity contribution in [3.05, 3.63) is 50.5 Å². The van der Waals surface area contributed by atoms with Gasteiger partial charge in [-0.15, -0.1) is 17.0 Å². The summed E-state index contributed by atoms with van der Waals surface area (Å²) < 4.78 is 2.30. The van der Waals surface area contributed by atoms with Crippen molar-refractivity contribution in [1.29, 1.82) is 5.41 Å². The average molecular weight is 400 g/mol. The normalized spacial score (nSPS) is 9.82. The fraction of sp³-hybridized carbons (Fsp3) is 0. The molecule has 17 heavy (non-hydrogen) atoms. The number of hydrogen-bond donors (Lipinski definition) is 1. The molecule has 1 heterocycles. The van der Waals surface area contributed by atoms with Crippen LogP contribution in [0.3, 0.4) is 0 Å². The molecule has 0 aliphatic carbocycles. The van der Waals surface area contributed by atoms with Crippen LogP contribution < -0.4 is 5.36 Å². The van der Waals surface area contributed by atoms with Crippen LogP contribution in [-0.2, 0) is 0 Å². The molecule has 0 saturated heterocycles. The second-order valence-electron chi connectivity index (χ2n) is 3.08. The number of nitrogens with one attached hydrogen (secondary N) is 1. The maximum Gasteiger partial charge on any atom is 0.110 e. The highest BCUT2D eigenvalue weighted by molar-refractivity contribution is 9.10. The monoisotopic (exact) mass is 397 g/mol. The lowest BCUT2D eigenvalue weighted by Crippen LogP contribution is -2.09. The molecule has 7 heteroatoms. The Balaban J connectivity index is 0.00000144. The Labute approximate surface area is 127 Å². The summed E-state index contributed by atoms with van der Waals surface area (Å²) in [5.41, 5.74) is 0.779. The second-order valence-corrected chi connectivity index (χ2v) is 4.70. The number of aromatic nitrogens is 2. The average Bonchev–Trinajstić information content (AvgIpc) is 2.22. The van der Waals surface area contributed by atoms with Crippen molar-refractivity contribution < 1.29 is 0 Å². The summed E-state index contributed by atoms with van der Waals surface area (Å²) in [6.45, 7) is 0. The van der Waals surface area contributed by atoms with Crippen LogP contribution in [0.2, 0.25) is 10.0 Å². The number of benzene rings is 1. The molecule has 0 amide bonds. The Morgan fingerprint density at radius 1 is 1.18 bits per heavy atom. The molecule has 0 unspecified atom stereocenters. The van der Waals surface area contributed by atoms with Gasteiger partial charge in [0.2, 0.25) is 0 Å². The van der Waals surface area contributed by atoms with Crippen LogP contribution in [0.15, 0.2) is 35.1 Å². The van der Waals surface area contributed by atoms with E-state index in [9.17, 15) is 0 Å². The van der Waals surface area contributed by atoms with E-state index >= 15 is 0 Å². The number of nitrogens with zero attached hydrogens (tertiary/aromatic N) is 2. The topological polar surface area (TPSA) is 41.7 Å². The molecule has 1 N–H and O–H groups in total. The highest BCUT2D eigenvalue weighted by atomic mass is 79.9. The molecule has 90 valence electrons. The molecular weight excluding hydrogens is 393 g/mol. The fourth-order valence-corrected chi connectivity index (χ4v) is 2.04. The molecule has 3 nitrogen and oxygen atoms in total. The van der Waals surface area contributed by atoms with Gasteiger partial charge < -0.3 is 0 Å². The lowest BCUT2D eigenvalue weighted by atomic mass is 10.3. The van der Waals surface area contributed by atoms with Crippen LogP contribution in [0.25, 0.3) is 5.69 Å². The van der Waals surface area contributed by atoms with E-state index < -0.39 is 0 Å². The minimum atomic E-state index is 0. The Morgan fingerprint density at radius 3 is 2.47 bits per heavy atom. The predicted molar refractivity (Wildman–Crippen MR) is 77.5 cm³/mol. The first-order valence-electron chi connectivity index (χ1n) is 4.33. The third-order valence-corrected chi connectivity index (χ3v) is 3.24. The van der Waals surface area contributed by atoms with Crippen molar-refractivity contribution in [3.63, 3.8) is 0 Å². The molecule has 2 aromatic rings. The summed E-state index contributed by atoms with van der Waals surface area (Å²) in [6, 6.07) is 6.87. The minimum absolute atomic E-state index is 0. The molecule has 0 aliphatic heterocycles. The largest absolute Gasteiger partial charge is 0.299 e. The summed E-state index contributed by atoms with van der Waals surface area (Å²) in [7, 11) is 0. The molecular formula is C10H7Br2Cl2N3. The lowest BCUT2D eigenvalue weighted by molar-refractivity contribution is 0.806. The van der Waals surface area contributed by atoms with Gasteiger partial charge in [-0.2, -0.15) is 5.10 Å². The lowest BCUT2D eigenvalue weighted by Gasteiger charge is -2.08. The van der Waals surface area contributed by atoms with Gasteiger partial charge in [-0.05, 0) is 40.2 Å². The fourth-order valence-electron chi connectivity index (χ4n) is 1.21. The van der Waals surface area contributed by atoms with Gasteiger partial charge in [0.15, 0.2) is 0 Å². The van der Waals surface area contributed by atoms with E-state index in [0.717, 1.165) is 5.69 Å². The molecule has 1 aromatic heterocycles. The van der Waals surface area contributed by atoms with Gasteiger partial charge in [-0.1, -0.05) is 23.2 Å². The van der Waals surface area contributed by atoms with E-state index in [2.05, 4.69) is 21.0 Å². The van der Waals surface area contributed by atoms with Gasteiger partial charge in [-0.25, -0.2) is 4.68 Å². The first kappa shape index (κ1) is 14.7. The van der Waals surface area contributed by atoms with E-state index in [-0.39, 0.29) is 17.0 Å². The molecule has 0 bridgehead atoms. The maximum atomic E-state index is 7.42. The van der Waals surface area contributed by atoms with Crippen LogP contribution in [-0.4, -0.2) is 9.78 Å². The van der Waals surface area contributed by atoms with Gasteiger partial charge in [0.1, 0.15) is 4.60 Å². The zero-order valence-corrected chi connectivity index (χ0v) is 13.1. The zero-order chi connectivity index (χ0) is 11.7. The van der Waals surface area contributed by atoms with E-state index in [1.165, 1.54) is 6.20 Å². The van der Waals surface area contributed by atoms with E-state index in [1.54, 1.807) is 28.9 Å². The van der Waals surface area contributed by atoms with Crippen molar-refractivity contribution in [2.45, 2.75) is 0 Å². The van der Waals surface area contributed by atoms with Crippen LogP contribution in [0.4, 0.5) is 0 Å². The molecule has 0 saturated carbocycles. The summed E-state index contributed by atoms with van der Waals surface area (Å²) in [4.78, 5) is 0. The first-order valence-corrected chi connectivity index (χ1v) is 5.88. The Morgan fingerprint density at radius 2 is 1.88 bits per heavy atom. The number of hydrogen-bond acceptors (Lipinski definition) is 2. The van der Waals surface area contributed by atoms with Crippen molar-refractivity contribution >= 4 is 56.1 Å². The maximum absolute atomic E-state index is 7.42. The van der Waals surface area contributed by atoms with Crippen molar-refractivity contribution in [2.75, 3.05) is 0 Å². The number of rotatable bonds is 1. The smallest absolute Gasteiger partial charge is 0.110 e. The third-order valence-electron chi connectivity index (χ3n) is 1.94. The zero-order valence-electron chi connectivity index (χ0n) is 8.32. The highest BCUT2D eigenvalue weighted by Crippen LogP contribution is 2.25. The molecule has 1 aromatic carbocycles. The Bertz CT molecular complexity index is 598. The SMILES string of the molecule is Br.N=c1cnn(-c2ccc(Cl)c(Cl)c2)c(Br)c1. The molecule has 0 aliphatic rings. The van der Waals surface area contributed by atoms with Gasteiger partial charge in [0.25, 0.3) is 0 Å². The predicted octanol–water partition coefficient (Wildman–Crippen LogP) is 4.00. The van der Waals surface area contributed by atoms with E-state index in [1.807, 2.05) is 0 Å². The Kier molecular flexibility index (Phi) is 5.19. The standard InChI is InChI=1S/C10H6BrCl2N3.BrH/c11-10-3-6(14)5-15-16(10)7-1-2-8(12)9(13)4-7;/h1-5,14H;1H. The van der Waals surface area contributed by atoms with Crippen LogP contribution >= 0.6 is 56.1 Å². The van der Waals surface area contributed by atoms with E-state index in [0.29, 0.717) is 20.0 Å². The third kappa shape index (κ3) is 3.31. The quantitative estimate of drug-likeness (QED) is 0.773. The second kappa shape index (κ2) is 6.00. The molecule has 0 spiro atoms. The highest BCUT2D eigenvalue weighted by Gasteiger charge is 2.04. The summed E-state index contributed by atoms with van der Waals surface area (Å²) in [5.74, 6) is 0. The molecule has 2 rings (SSSR count). The summed E-state index contributed by atoms with van der Waals surface area (Å²) in [5, 5.41) is 12.8. The Hall–Kier alpha value is -0.360. The molecule has 0 atom stereocenters. The van der Waals surface area contributed by atoms with E-state index in [4.69, 9.17) is 28.6 Å². The number of halogens is 4. The van der Waals surface area contributed by atoms with Crippen LogP contribution in [0.5, 0.6) is 0 Å². The molecule has 0 radical (unpaired) electrons. The first-order chi connectivity index (χ1) is 7.58. The van der Waals surface area contributed by atoms with Crippen molar-refractivity contribution in [3.8, 4) is 5.69 Å². The van der Waals surface area contributed by atoms with Crippen LogP contribution in [0.1, 0.15) is 0 Å². The van der Waals surface area contributed by atoms with Gasteiger partial charge in [0, 0.05) is 0 Å². The van der Waals surface area contributed by atoms with Gasteiger partial charge >= 0.3 is 0 Å². The minimum Gasteiger partial charge on any atom is -0.299 e. The van der Waals surface area contributed by atoms with Gasteiger partial charge in [0.05, 0.1) is 27.3 Å².